The second kappa shape index (κ2) is 18.4. The Morgan fingerprint density at radius 2 is 0.900 bits per heavy atom. The van der Waals surface area contributed by atoms with Crippen LogP contribution >= 0.6 is 0 Å². The minimum absolute atomic E-state index is 0.856. The summed E-state index contributed by atoms with van der Waals surface area (Å²) in [5.74, 6) is 2.70. The topological polar surface area (TPSA) is 20.2 Å². The molecule has 0 aromatic carbocycles. The predicted octanol–water partition coefficient (Wildman–Crippen LogP) is 6.58. The standard InChI is InChI=1S/C19H36O/c1-2-3-4-5-6-7-8-9-10-11-12-13-14-15-16-17-18-19-20/h20H,2-17H2,1H3. The first-order valence-electron chi connectivity index (χ1n) is 9.03. The van der Waals surface area contributed by atoms with Crippen LogP contribution in [0.25, 0.3) is 0 Å². The van der Waals surface area contributed by atoms with Gasteiger partial charge in [-0.3, -0.25) is 0 Å². The van der Waals surface area contributed by atoms with Crippen LogP contribution in [-0.4, -0.2) is 5.11 Å². The van der Waals surface area contributed by atoms with Gasteiger partial charge < -0.3 is 5.11 Å². The highest BCUT2D eigenvalue weighted by Gasteiger charge is 1.93. The summed E-state index contributed by atoms with van der Waals surface area (Å²) in [5, 5.41) is 8.32. The summed E-state index contributed by atoms with van der Waals surface area (Å²) in [6.07, 6.45) is 23.7. The summed E-state index contributed by atoms with van der Waals surface area (Å²) < 4.78 is 0. The van der Waals surface area contributed by atoms with E-state index in [2.05, 4.69) is 12.8 Å². The largest absolute Gasteiger partial charge is 0.462 e. The zero-order valence-electron chi connectivity index (χ0n) is 13.8. The minimum atomic E-state index is 0.856. The first-order chi connectivity index (χ1) is 9.91. The fourth-order valence-corrected chi connectivity index (χ4v) is 2.64. The Labute approximate surface area is 127 Å². The monoisotopic (exact) mass is 280 g/mol. The van der Waals surface area contributed by atoms with Gasteiger partial charge in [-0.2, -0.15) is 0 Å². The number of aliphatic hydroxyl groups excluding tert-OH is 1. The van der Waals surface area contributed by atoms with E-state index in [0.29, 0.717) is 0 Å². The Bertz CT molecular complexity index is 224. The van der Waals surface area contributed by atoms with Gasteiger partial charge in [0.25, 0.3) is 0 Å². The van der Waals surface area contributed by atoms with Gasteiger partial charge in [-0.05, 0) is 6.42 Å². The number of hydrogen-bond donors (Lipinski definition) is 1. The molecule has 0 aromatic heterocycles. The first kappa shape index (κ1) is 19.4. The van der Waals surface area contributed by atoms with Crippen molar-refractivity contribution in [2.45, 2.75) is 110 Å². The molecule has 118 valence electrons. The summed E-state index contributed by atoms with van der Waals surface area (Å²) in [5.41, 5.74) is 0. The van der Waals surface area contributed by atoms with Crippen LogP contribution in [0.2, 0.25) is 0 Å². The van der Waals surface area contributed by atoms with Crippen molar-refractivity contribution in [3.8, 4) is 12.0 Å². The Kier molecular flexibility index (Phi) is 17.8. The minimum Gasteiger partial charge on any atom is -0.462 e. The molecule has 1 nitrogen and oxygen atoms in total. The highest BCUT2D eigenvalue weighted by molar-refractivity contribution is 4.88. The van der Waals surface area contributed by atoms with Gasteiger partial charge in [0.1, 0.15) is 6.11 Å². The molecular formula is C19H36O. The summed E-state index contributed by atoms with van der Waals surface area (Å²) in [4.78, 5) is 0. The van der Waals surface area contributed by atoms with Gasteiger partial charge in [0.2, 0.25) is 0 Å². The quantitative estimate of drug-likeness (QED) is 0.265. The second-order valence-electron chi connectivity index (χ2n) is 5.99. The van der Waals surface area contributed by atoms with E-state index in [4.69, 9.17) is 5.11 Å². The smallest absolute Gasteiger partial charge is 0.107 e. The van der Waals surface area contributed by atoms with Gasteiger partial charge in [-0.1, -0.05) is 103 Å². The average Bonchev–Trinajstić information content (AvgIpc) is 2.47. The van der Waals surface area contributed by atoms with Crippen LogP contribution in [0.5, 0.6) is 0 Å². The van der Waals surface area contributed by atoms with Crippen LogP contribution in [0.4, 0.5) is 0 Å². The fraction of sp³-hybridized carbons (Fsp3) is 0.895. The maximum Gasteiger partial charge on any atom is 0.107 e. The third-order valence-corrected chi connectivity index (χ3v) is 3.98. The summed E-state index contributed by atoms with van der Waals surface area (Å²) in [7, 11) is 0. The van der Waals surface area contributed by atoms with Crippen molar-refractivity contribution in [2.75, 3.05) is 0 Å². The Morgan fingerprint density at radius 3 is 1.25 bits per heavy atom. The van der Waals surface area contributed by atoms with E-state index in [1.807, 2.05) is 6.11 Å². The molecule has 0 aliphatic carbocycles. The fourth-order valence-electron chi connectivity index (χ4n) is 2.64. The Hall–Kier alpha value is -0.640. The van der Waals surface area contributed by atoms with Gasteiger partial charge in [0, 0.05) is 6.42 Å². The van der Waals surface area contributed by atoms with Crippen molar-refractivity contribution in [3.05, 3.63) is 0 Å². The molecular weight excluding hydrogens is 244 g/mol. The SMILES string of the molecule is CCCCCCCCCCCCCCCCCC#CO. The maximum atomic E-state index is 8.32. The van der Waals surface area contributed by atoms with E-state index in [9.17, 15) is 0 Å². The number of unbranched alkanes of at least 4 members (excludes halogenated alkanes) is 15. The molecule has 0 aromatic rings. The molecule has 1 heteroatoms. The first-order valence-corrected chi connectivity index (χ1v) is 9.03. The molecule has 0 aliphatic heterocycles. The molecule has 0 saturated carbocycles. The molecule has 0 bridgehead atoms. The molecule has 0 rings (SSSR count). The zero-order chi connectivity index (χ0) is 14.7. The molecule has 0 spiro atoms. The van der Waals surface area contributed by atoms with Crippen molar-refractivity contribution >= 4 is 0 Å². The molecule has 1 N–H and O–H groups in total. The van der Waals surface area contributed by atoms with E-state index in [1.165, 1.54) is 89.9 Å². The van der Waals surface area contributed by atoms with Crippen LogP contribution in [0.15, 0.2) is 0 Å². The molecule has 0 saturated heterocycles. The number of rotatable bonds is 15. The lowest BCUT2D eigenvalue weighted by Crippen LogP contribution is -1.83. The lowest BCUT2D eigenvalue weighted by Gasteiger charge is -2.02. The summed E-state index contributed by atoms with van der Waals surface area (Å²) >= 11 is 0. The summed E-state index contributed by atoms with van der Waals surface area (Å²) in [6, 6.07) is 0. The molecule has 0 atom stereocenters. The van der Waals surface area contributed by atoms with Crippen LogP contribution in [0, 0.1) is 12.0 Å². The third kappa shape index (κ3) is 17.4. The maximum absolute atomic E-state index is 8.32. The van der Waals surface area contributed by atoms with Crippen molar-refractivity contribution in [1.29, 1.82) is 0 Å². The predicted molar refractivity (Wildman–Crippen MR) is 89.3 cm³/mol. The van der Waals surface area contributed by atoms with Crippen molar-refractivity contribution in [2.24, 2.45) is 0 Å². The van der Waals surface area contributed by atoms with Crippen molar-refractivity contribution < 1.29 is 5.11 Å². The van der Waals surface area contributed by atoms with Gasteiger partial charge in [0.15, 0.2) is 0 Å². The summed E-state index contributed by atoms with van der Waals surface area (Å²) in [6.45, 7) is 2.28. The van der Waals surface area contributed by atoms with Gasteiger partial charge in [0.05, 0.1) is 0 Å². The molecule has 0 aliphatic rings. The number of hydrogen-bond acceptors (Lipinski definition) is 1. The van der Waals surface area contributed by atoms with Crippen LogP contribution < -0.4 is 0 Å². The molecule has 20 heavy (non-hydrogen) atoms. The zero-order valence-corrected chi connectivity index (χ0v) is 13.8. The lowest BCUT2D eigenvalue weighted by atomic mass is 10.0. The van der Waals surface area contributed by atoms with Gasteiger partial charge in [-0.15, -0.1) is 0 Å². The van der Waals surface area contributed by atoms with Crippen LogP contribution in [0.1, 0.15) is 110 Å². The van der Waals surface area contributed by atoms with Crippen molar-refractivity contribution in [3.63, 3.8) is 0 Å². The number of aliphatic hydroxyl groups is 1. The molecule has 0 amide bonds. The van der Waals surface area contributed by atoms with E-state index >= 15 is 0 Å². The van der Waals surface area contributed by atoms with Crippen LogP contribution in [-0.2, 0) is 0 Å². The second-order valence-corrected chi connectivity index (χ2v) is 5.99. The molecule has 0 unspecified atom stereocenters. The average molecular weight is 280 g/mol. The normalized spacial score (nSPS) is 10.2. The van der Waals surface area contributed by atoms with E-state index in [0.717, 1.165) is 12.8 Å². The van der Waals surface area contributed by atoms with Crippen LogP contribution in [0.3, 0.4) is 0 Å². The Morgan fingerprint density at radius 1 is 0.550 bits per heavy atom. The van der Waals surface area contributed by atoms with E-state index in [1.54, 1.807) is 0 Å². The Balaban J connectivity index is 2.93. The molecule has 0 fully saturated rings. The van der Waals surface area contributed by atoms with Gasteiger partial charge >= 0.3 is 0 Å². The van der Waals surface area contributed by atoms with Crippen molar-refractivity contribution in [1.82, 2.24) is 0 Å². The molecule has 0 radical (unpaired) electrons. The highest BCUT2D eigenvalue weighted by atomic mass is 16.2. The molecule has 0 heterocycles. The third-order valence-electron chi connectivity index (χ3n) is 3.98. The van der Waals surface area contributed by atoms with E-state index < -0.39 is 0 Å². The lowest BCUT2D eigenvalue weighted by molar-refractivity contribution is 0.514. The van der Waals surface area contributed by atoms with E-state index in [-0.39, 0.29) is 0 Å². The van der Waals surface area contributed by atoms with Gasteiger partial charge in [-0.25, -0.2) is 0 Å². The highest BCUT2D eigenvalue weighted by Crippen LogP contribution is 2.13.